The summed E-state index contributed by atoms with van der Waals surface area (Å²) in [5, 5.41) is 1.93. The fraction of sp³-hybridized carbons (Fsp3) is 0.529. The average Bonchev–Trinajstić information content (AvgIpc) is 3.13. The van der Waals surface area contributed by atoms with E-state index in [-0.39, 0.29) is 11.8 Å². The van der Waals surface area contributed by atoms with Gasteiger partial charge in [-0.25, -0.2) is 0 Å². The summed E-state index contributed by atoms with van der Waals surface area (Å²) in [7, 11) is 0. The largest absolute Gasteiger partial charge is 0.381 e. The van der Waals surface area contributed by atoms with Crippen molar-refractivity contribution in [3.05, 3.63) is 27.3 Å². The Morgan fingerprint density at radius 1 is 1.17 bits per heavy atom. The summed E-state index contributed by atoms with van der Waals surface area (Å²) in [5.41, 5.74) is 0.573. The fourth-order valence-corrected chi connectivity index (χ4v) is 4.04. The lowest BCUT2D eigenvalue weighted by atomic mass is 10.2. The number of imide groups is 1. The predicted octanol–water partition coefficient (Wildman–Crippen LogP) is 3.79. The number of amides is 2. The maximum atomic E-state index is 12.7. The van der Waals surface area contributed by atoms with Crippen LogP contribution in [0.2, 0.25) is 0 Å². The van der Waals surface area contributed by atoms with Crippen LogP contribution in [0, 0.1) is 0 Å². The van der Waals surface area contributed by atoms with Gasteiger partial charge in [-0.15, -0.1) is 23.1 Å². The Morgan fingerprint density at radius 3 is 2.61 bits per heavy atom. The van der Waals surface area contributed by atoms with E-state index < -0.39 is 0 Å². The standard InChI is InChI=1S/C17H23NO3S2/c1-3-5-10-21-11-7-9-18-16(19)14(13-8-6-12-23-13)15(17(18)20)22-4-2/h6,8,12H,3-5,7,9-11H2,1-2H3. The molecule has 0 atom stereocenters. The normalized spacial score (nSPS) is 15.1. The maximum absolute atomic E-state index is 12.7. The van der Waals surface area contributed by atoms with Crippen molar-refractivity contribution in [2.45, 2.75) is 33.1 Å². The highest BCUT2D eigenvalue weighted by molar-refractivity contribution is 8.04. The van der Waals surface area contributed by atoms with E-state index in [1.807, 2.05) is 24.4 Å². The van der Waals surface area contributed by atoms with Gasteiger partial charge in [-0.3, -0.25) is 14.5 Å². The van der Waals surface area contributed by atoms with Crippen LogP contribution in [0.25, 0.3) is 5.57 Å². The first-order chi connectivity index (χ1) is 11.2. The van der Waals surface area contributed by atoms with Gasteiger partial charge < -0.3 is 4.74 Å². The minimum atomic E-state index is -0.165. The minimum absolute atomic E-state index is 0.154. The molecule has 6 heteroatoms. The molecule has 1 aromatic heterocycles. The van der Waals surface area contributed by atoms with Gasteiger partial charge in [0.15, 0.2) is 0 Å². The smallest absolute Gasteiger partial charge is 0.268 e. The third kappa shape index (κ3) is 4.46. The molecule has 0 fully saturated rings. The van der Waals surface area contributed by atoms with Crippen molar-refractivity contribution in [3.8, 4) is 0 Å². The van der Waals surface area contributed by atoms with Crippen LogP contribution in [0.15, 0.2) is 22.4 Å². The number of rotatable bonds is 10. The zero-order chi connectivity index (χ0) is 16.7. The monoisotopic (exact) mass is 353 g/mol. The summed E-state index contributed by atoms with van der Waals surface area (Å²) < 4.78 is 5.51. The molecule has 0 N–H and O–H groups in total. The summed E-state index contributed by atoms with van der Waals surface area (Å²) in [6, 6.07) is 3.81. The van der Waals surface area contributed by atoms with Crippen molar-refractivity contribution in [2.75, 3.05) is 25.5 Å². The molecule has 1 aliphatic rings. The molecule has 23 heavy (non-hydrogen) atoms. The summed E-state index contributed by atoms with van der Waals surface area (Å²) in [4.78, 5) is 28.1. The van der Waals surface area contributed by atoms with Crippen molar-refractivity contribution >= 4 is 40.5 Å². The predicted molar refractivity (Wildman–Crippen MR) is 96.4 cm³/mol. The Balaban J connectivity index is 1.99. The first-order valence-corrected chi connectivity index (χ1v) is 9.92. The molecule has 2 heterocycles. The number of thiophene rings is 1. The third-order valence-corrected chi connectivity index (χ3v) is 5.34. The lowest BCUT2D eigenvalue weighted by molar-refractivity contribution is -0.136. The molecule has 0 unspecified atom stereocenters. The summed E-state index contributed by atoms with van der Waals surface area (Å²) >= 11 is 2.95. The molecule has 0 saturated heterocycles. The number of carbonyl (C=O) groups excluding carboxylic acids is 2. The summed E-state index contributed by atoms with van der Waals surface area (Å²) in [6.45, 7) is 5.86. The first-order valence-electron chi connectivity index (χ1n) is 8.05. The lowest BCUT2D eigenvalue weighted by Crippen LogP contribution is -2.33. The van der Waals surface area contributed by atoms with Gasteiger partial charge in [-0.05, 0) is 30.0 Å². The molecule has 2 amide bonds. The number of hydrogen-bond acceptors (Lipinski definition) is 5. The van der Waals surface area contributed by atoms with Gasteiger partial charge in [0, 0.05) is 24.6 Å². The van der Waals surface area contributed by atoms with E-state index in [0.717, 1.165) is 30.1 Å². The molecule has 2 rings (SSSR count). The molecule has 0 bridgehead atoms. The summed E-state index contributed by atoms with van der Waals surface area (Å²) in [6.07, 6.45) is 2.83. The van der Waals surface area contributed by atoms with Crippen LogP contribution in [0.1, 0.15) is 38.0 Å². The Bertz CT molecular complexity index is 566. The molecule has 0 saturated carbocycles. The van der Waals surface area contributed by atoms with Gasteiger partial charge in [0.05, 0.1) is 10.5 Å². The molecule has 0 aliphatic carbocycles. The van der Waals surface area contributed by atoms with Crippen molar-refractivity contribution in [2.24, 2.45) is 0 Å². The van der Waals surface area contributed by atoms with E-state index >= 15 is 0 Å². The number of hydrogen-bond donors (Lipinski definition) is 0. The number of nitrogens with zero attached hydrogens (tertiary/aromatic N) is 1. The van der Waals surface area contributed by atoms with Gasteiger partial charge in [0.25, 0.3) is 11.8 Å². The topological polar surface area (TPSA) is 46.6 Å². The van der Waals surface area contributed by atoms with Crippen LogP contribution < -0.4 is 0 Å². The number of ether oxygens (including phenoxy) is 1. The van der Waals surface area contributed by atoms with Gasteiger partial charge >= 0.3 is 0 Å². The molecule has 0 spiro atoms. The number of unbranched alkanes of at least 4 members (excludes halogenated alkanes) is 1. The van der Waals surface area contributed by atoms with E-state index in [4.69, 9.17) is 4.74 Å². The van der Waals surface area contributed by atoms with E-state index in [9.17, 15) is 9.59 Å². The molecule has 4 nitrogen and oxygen atoms in total. The molecule has 126 valence electrons. The highest BCUT2D eigenvalue weighted by Crippen LogP contribution is 2.37. The highest BCUT2D eigenvalue weighted by Gasteiger charge is 2.38. The molecule has 1 aromatic rings. The lowest BCUT2D eigenvalue weighted by Gasteiger charge is -2.14. The van der Waals surface area contributed by atoms with E-state index in [1.165, 1.54) is 28.0 Å². The van der Waals surface area contributed by atoms with E-state index in [2.05, 4.69) is 6.92 Å². The zero-order valence-corrected chi connectivity index (χ0v) is 15.3. The van der Waals surface area contributed by atoms with Crippen molar-refractivity contribution in [3.63, 3.8) is 0 Å². The first kappa shape index (κ1) is 18.2. The quantitative estimate of drug-likeness (QED) is 0.474. The van der Waals surface area contributed by atoms with Crippen LogP contribution in [-0.4, -0.2) is 42.2 Å². The summed E-state index contributed by atoms with van der Waals surface area (Å²) in [5.74, 6) is 0.456. The van der Waals surface area contributed by atoms with Crippen LogP contribution in [0.5, 0.6) is 0 Å². The Labute approximate surface area is 145 Å². The molecule has 0 radical (unpaired) electrons. The second-order valence-electron chi connectivity index (χ2n) is 5.20. The average molecular weight is 354 g/mol. The van der Waals surface area contributed by atoms with E-state index in [1.54, 1.807) is 0 Å². The maximum Gasteiger partial charge on any atom is 0.268 e. The number of carbonyl (C=O) groups is 2. The second-order valence-corrected chi connectivity index (χ2v) is 7.42. The molecular formula is C17H23NO3S2. The zero-order valence-electron chi connectivity index (χ0n) is 13.7. The Kier molecular flexibility index (Phi) is 7.33. The van der Waals surface area contributed by atoms with Crippen LogP contribution in [0.4, 0.5) is 0 Å². The minimum Gasteiger partial charge on any atom is -0.381 e. The van der Waals surface area contributed by atoms with Gasteiger partial charge in [-0.2, -0.15) is 0 Å². The SMILES string of the molecule is CCCCOCCCN1C(=O)C(SCC)=C(c2cccs2)C1=O. The number of thioether (sulfide) groups is 1. The molecule has 1 aliphatic heterocycles. The van der Waals surface area contributed by atoms with Gasteiger partial charge in [0.2, 0.25) is 0 Å². The second kappa shape index (κ2) is 9.25. The molecular weight excluding hydrogens is 330 g/mol. The Hall–Kier alpha value is -1.11. The molecule has 0 aromatic carbocycles. The van der Waals surface area contributed by atoms with Crippen molar-refractivity contribution in [1.82, 2.24) is 4.90 Å². The fourth-order valence-electron chi connectivity index (χ4n) is 2.35. The Morgan fingerprint density at radius 2 is 1.96 bits per heavy atom. The van der Waals surface area contributed by atoms with Crippen molar-refractivity contribution in [1.29, 1.82) is 0 Å². The highest BCUT2D eigenvalue weighted by atomic mass is 32.2. The van der Waals surface area contributed by atoms with Crippen LogP contribution in [-0.2, 0) is 14.3 Å². The van der Waals surface area contributed by atoms with Gasteiger partial charge in [0.1, 0.15) is 0 Å². The van der Waals surface area contributed by atoms with Crippen LogP contribution in [0.3, 0.4) is 0 Å². The van der Waals surface area contributed by atoms with Crippen LogP contribution >= 0.6 is 23.1 Å². The van der Waals surface area contributed by atoms with E-state index in [0.29, 0.717) is 30.1 Å². The van der Waals surface area contributed by atoms with Gasteiger partial charge in [-0.1, -0.05) is 26.3 Å². The van der Waals surface area contributed by atoms with Crippen molar-refractivity contribution < 1.29 is 14.3 Å². The third-order valence-electron chi connectivity index (χ3n) is 3.49.